The maximum Gasteiger partial charge on any atom is 0.224 e. The Hall–Kier alpha value is -2.01. The first kappa shape index (κ1) is 15.9. The number of anilines is 1. The van der Waals surface area contributed by atoms with Crippen LogP contribution in [0.15, 0.2) is 46.9 Å². The summed E-state index contributed by atoms with van der Waals surface area (Å²) in [5.41, 5.74) is 1.86. The molecule has 0 bridgehead atoms. The lowest BCUT2D eigenvalue weighted by Gasteiger charge is -2.09. The molecule has 0 atom stereocenters. The highest BCUT2D eigenvalue weighted by Gasteiger charge is 2.11. The van der Waals surface area contributed by atoms with E-state index >= 15 is 0 Å². The quantitative estimate of drug-likeness (QED) is 0.871. The Morgan fingerprint density at radius 1 is 1.09 bits per heavy atom. The van der Waals surface area contributed by atoms with E-state index in [0.717, 1.165) is 33.6 Å². The van der Waals surface area contributed by atoms with Gasteiger partial charge in [-0.1, -0.05) is 28.1 Å². The predicted octanol–water partition coefficient (Wildman–Crippen LogP) is 4.18. The fourth-order valence-corrected chi connectivity index (χ4v) is 2.81. The zero-order chi connectivity index (χ0) is 16.1. The standard InChI is InChI=1S/C18H18BrNO3/c19-14-3-1-4-15(12-14)20-18(21)8-6-13-5-7-16-17(11-13)23-10-2-9-22-16/h1,3-5,7,11-12H,2,6,8-10H2,(H,20,21). The monoisotopic (exact) mass is 375 g/mol. The van der Waals surface area contributed by atoms with Crippen molar-refractivity contribution in [1.82, 2.24) is 0 Å². The molecule has 1 aliphatic heterocycles. The SMILES string of the molecule is O=C(CCc1ccc2c(c1)OCCCO2)Nc1cccc(Br)c1. The number of fused-ring (bicyclic) bond motifs is 1. The minimum Gasteiger partial charge on any atom is -0.490 e. The van der Waals surface area contributed by atoms with Gasteiger partial charge in [-0.05, 0) is 42.3 Å². The molecule has 0 aliphatic carbocycles. The smallest absolute Gasteiger partial charge is 0.224 e. The molecule has 2 aromatic rings. The van der Waals surface area contributed by atoms with Gasteiger partial charge in [-0.25, -0.2) is 0 Å². The number of benzene rings is 2. The maximum absolute atomic E-state index is 12.1. The van der Waals surface area contributed by atoms with Crippen LogP contribution >= 0.6 is 15.9 Å². The van der Waals surface area contributed by atoms with E-state index in [1.807, 2.05) is 42.5 Å². The molecule has 0 unspecified atom stereocenters. The molecule has 1 amide bonds. The molecule has 23 heavy (non-hydrogen) atoms. The topological polar surface area (TPSA) is 47.6 Å². The fraction of sp³-hybridized carbons (Fsp3) is 0.278. The van der Waals surface area contributed by atoms with Crippen LogP contribution in [0.3, 0.4) is 0 Å². The molecule has 0 saturated heterocycles. The summed E-state index contributed by atoms with van der Waals surface area (Å²) < 4.78 is 12.2. The Labute approximate surface area is 143 Å². The molecule has 3 rings (SSSR count). The second kappa shape index (κ2) is 7.51. The van der Waals surface area contributed by atoms with Crippen LogP contribution in [0.5, 0.6) is 11.5 Å². The number of amides is 1. The summed E-state index contributed by atoms with van der Waals surface area (Å²) in [4.78, 5) is 12.1. The van der Waals surface area contributed by atoms with Crippen LogP contribution in [0.2, 0.25) is 0 Å². The summed E-state index contributed by atoms with van der Waals surface area (Å²) in [6, 6.07) is 13.4. The van der Waals surface area contributed by atoms with Gasteiger partial charge in [0.25, 0.3) is 0 Å². The molecule has 5 heteroatoms. The normalized spacial score (nSPS) is 13.3. The number of aryl methyl sites for hydroxylation is 1. The van der Waals surface area contributed by atoms with Crippen molar-refractivity contribution in [2.75, 3.05) is 18.5 Å². The third-order valence-electron chi connectivity index (χ3n) is 3.56. The van der Waals surface area contributed by atoms with E-state index in [9.17, 15) is 4.79 Å². The van der Waals surface area contributed by atoms with Crippen molar-refractivity contribution in [3.63, 3.8) is 0 Å². The van der Waals surface area contributed by atoms with E-state index in [1.165, 1.54) is 0 Å². The zero-order valence-corrected chi connectivity index (χ0v) is 14.3. The lowest BCUT2D eigenvalue weighted by atomic mass is 10.1. The van der Waals surface area contributed by atoms with E-state index in [1.54, 1.807) is 0 Å². The number of carbonyl (C=O) groups is 1. The van der Waals surface area contributed by atoms with Crippen LogP contribution in [-0.4, -0.2) is 19.1 Å². The summed E-state index contributed by atoms with van der Waals surface area (Å²) in [5.74, 6) is 1.55. The second-order valence-electron chi connectivity index (χ2n) is 5.39. The minimum absolute atomic E-state index is 0.00443. The Balaban J connectivity index is 1.57. The van der Waals surface area contributed by atoms with Gasteiger partial charge in [-0.3, -0.25) is 4.79 Å². The van der Waals surface area contributed by atoms with Gasteiger partial charge in [-0.15, -0.1) is 0 Å². The van der Waals surface area contributed by atoms with Gasteiger partial charge in [0.05, 0.1) is 13.2 Å². The van der Waals surface area contributed by atoms with Gasteiger partial charge < -0.3 is 14.8 Å². The van der Waals surface area contributed by atoms with Crippen molar-refractivity contribution in [2.45, 2.75) is 19.3 Å². The highest BCUT2D eigenvalue weighted by molar-refractivity contribution is 9.10. The van der Waals surface area contributed by atoms with Gasteiger partial charge in [-0.2, -0.15) is 0 Å². The summed E-state index contributed by atoms with van der Waals surface area (Å²) in [6.07, 6.45) is 1.97. The molecule has 0 spiro atoms. The average molecular weight is 376 g/mol. The molecule has 1 aliphatic rings. The van der Waals surface area contributed by atoms with Crippen LogP contribution < -0.4 is 14.8 Å². The molecule has 0 saturated carbocycles. The van der Waals surface area contributed by atoms with Crippen molar-refractivity contribution in [3.8, 4) is 11.5 Å². The Morgan fingerprint density at radius 3 is 2.74 bits per heavy atom. The van der Waals surface area contributed by atoms with E-state index in [0.29, 0.717) is 26.1 Å². The molecule has 4 nitrogen and oxygen atoms in total. The molecule has 1 N–H and O–H groups in total. The van der Waals surface area contributed by atoms with Gasteiger partial charge in [0.15, 0.2) is 11.5 Å². The van der Waals surface area contributed by atoms with E-state index < -0.39 is 0 Å². The number of nitrogens with one attached hydrogen (secondary N) is 1. The lowest BCUT2D eigenvalue weighted by Crippen LogP contribution is -2.12. The maximum atomic E-state index is 12.1. The third kappa shape index (κ3) is 4.48. The highest BCUT2D eigenvalue weighted by Crippen LogP contribution is 2.30. The van der Waals surface area contributed by atoms with Crippen LogP contribution in [0, 0.1) is 0 Å². The molecule has 0 fully saturated rings. The molecule has 0 aromatic heterocycles. The zero-order valence-electron chi connectivity index (χ0n) is 12.7. The second-order valence-corrected chi connectivity index (χ2v) is 6.31. The predicted molar refractivity (Wildman–Crippen MR) is 93.1 cm³/mol. The van der Waals surface area contributed by atoms with Gasteiger partial charge in [0.2, 0.25) is 5.91 Å². The highest BCUT2D eigenvalue weighted by atomic mass is 79.9. The van der Waals surface area contributed by atoms with Crippen molar-refractivity contribution in [3.05, 3.63) is 52.5 Å². The first-order valence-corrected chi connectivity index (χ1v) is 8.44. The number of hydrogen-bond acceptors (Lipinski definition) is 3. The number of halogens is 1. The van der Waals surface area contributed by atoms with Crippen LogP contribution in [0.4, 0.5) is 5.69 Å². The van der Waals surface area contributed by atoms with Crippen LogP contribution in [-0.2, 0) is 11.2 Å². The van der Waals surface area contributed by atoms with Crippen LogP contribution in [0.25, 0.3) is 0 Å². The van der Waals surface area contributed by atoms with E-state index in [2.05, 4.69) is 21.2 Å². The van der Waals surface area contributed by atoms with Crippen molar-refractivity contribution < 1.29 is 14.3 Å². The van der Waals surface area contributed by atoms with Crippen LogP contribution in [0.1, 0.15) is 18.4 Å². The Bertz CT molecular complexity index is 702. The first-order valence-electron chi connectivity index (χ1n) is 7.65. The first-order chi connectivity index (χ1) is 11.2. The van der Waals surface area contributed by atoms with Crippen molar-refractivity contribution in [1.29, 1.82) is 0 Å². The number of ether oxygens (including phenoxy) is 2. The number of carbonyl (C=O) groups excluding carboxylic acids is 1. The summed E-state index contributed by atoms with van der Waals surface area (Å²) in [7, 11) is 0. The minimum atomic E-state index is -0.00443. The summed E-state index contributed by atoms with van der Waals surface area (Å²) >= 11 is 3.39. The summed E-state index contributed by atoms with van der Waals surface area (Å²) in [5, 5.41) is 2.90. The number of hydrogen-bond donors (Lipinski definition) is 1. The van der Waals surface area contributed by atoms with Gasteiger partial charge in [0, 0.05) is 23.0 Å². The number of rotatable bonds is 4. The average Bonchev–Trinajstić information content (AvgIpc) is 2.77. The Kier molecular flexibility index (Phi) is 5.18. The molecular formula is C18H18BrNO3. The molecule has 0 radical (unpaired) electrons. The van der Waals surface area contributed by atoms with E-state index in [-0.39, 0.29) is 5.91 Å². The van der Waals surface area contributed by atoms with Crippen molar-refractivity contribution in [2.24, 2.45) is 0 Å². The molecule has 120 valence electrons. The molecule has 2 aromatic carbocycles. The van der Waals surface area contributed by atoms with Gasteiger partial charge in [0.1, 0.15) is 0 Å². The third-order valence-corrected chi connectivity index (χ3v) is 4.05. The van der Waals surface area contributed by atoms with Gasteiger partial charge >= 0.3 is 0 Å². The fourth-order valence-electron chi connectivity index (χ4n) is 2.41. The molecule has 1 heterocycles. The van der Waals surface area contributed by atoms with E-state index in [4.69, 9.17) is 9.47 Å². The lowest BCUT2D eigenvalue weighted by molar-refractivity contribution is -0.116. The Morgan fingerprint density at radius 2 is 1.91 bits per heavy atom. The van der Waals surface area contributed by atoms with Crippen molar-refractivity contribution >= 4 is 27.5 Å². The molecular weight excluding hydrogens is 358 g/mol. The summed E-state index contributed by atoms with van der Waals surface area (Å²) in [6.45, 7) is 1.35. The largest absolute Gasteiger partial charge is 0.490 e.